The lowest BCUT2D eigenvalue weighted by Gasteiger charge is -2.24. The molecule has 0 spiro atoms. The largest absolute Gasteiger partial charge is 0.480 e. The van der Waals surface area contributed by atoms with E-state index in [1.54, 1.807) is 6.92 Å². The highest BCUT2D eigenvalue weighted by molar-refractivity contribution is 5.92. The van der Waals surface area contributed by atoms with Crippen molar-refractivity contribution >= 4 is 23.7 Å². The van der Waals surface area contributed by atoms with Gasteiger partial charge in [0.05, 0.1) is 13.1 Å². The highest BCUT2D eigenvalue weighted by Crippen LogP contribution is 2.08. The van der Waals surface area contributed by atoms with Crippen LogP contribution in [0.4, 0.5) is 0 Å². The minimum absolute atomic E-state index is 0.199. The van der Waals surface area contributed by atoms with Crippen LogP contribution in [0.1, 0.15) is 27.2 Å². The molecule has 0 unspecified atom stereocenters. The zero-order valence-electron chi connectivity index (χ0n) is 13.0. The summed E-state index contributed by atoms with van der Waals surface area (Å²) in [6.07, 6.45) is 0.606. The van der Waals surface area contributed by atoms with Crippen LogP contribution < -0.4 is 21.7 Å². The SMILES string of the molecule is CC[C@H](C)[C@H](NC(=O)CNC(=O)CN)C(=O)N[C@@H](C)C(=O)O. The zero-order chi connectivity index (χ0) is 17.3. The molecule has 0 heterocycles. The fourth-order valence-electron chi connectivity index (χ4n) is 1.54. The van der Waals surface area contributed by atoms with E-state index in [-0.39, 0.29) is 19.0 Å². The number of carbonyl (C=O) groups is 4. The van der Waals surface area contributed by atoms with Crippen LogP contribution in [-0.4, -0.2) is 54.0 Å². The van der Waals surface area contributed by atoms with Crippen molar-refractivity contribution in [1.82, 2.24) is 16.0 Å². The summed E-state index contributed by atoms with van der Waals surface area (Å²) in [5.41, 5.74) is 5.10. The van der Waals surface area contributed by atoms with Crippen LogP contribution in [0.25, 0.3) is 0 Å². The predicted molar refractivity (Wildman–Crippen MR) is 78.7 cm³/mol. The quantitative estimate of drug-likeness (QED) is 0.338. The number of carboxylic acid groups (broad SMARTS) is 1. The first-order chi connectivity index (χ1) is 10.2. The van der Waals surface area contributed by atoms with Crippen molar-refractivity contribution in [3.63, 3.8) is 0 Å². The molecule has 6 N–H and O–H groups in total. The predicted octanol–water partition coefficient (Wildman–Crippen LogP) is -1.82. The number of nitrogens with one attached hydrogen (secondary N) is 3. The first kappa shape index (κ1) is 19.8. The highest BCUT2D eigenvalue weighted by Gasteiger charge is 2.28. The van der Waals surface area contributed by atoms with Crippen molar-refractivity contribution in [2.24, 2.45) is 11.7 Å². The molecule has 0 aliphatic heterocycles. The number of carbonyl (C=O) groups excluding carboxylic acids is 3. The van der Waals surface area contributed by atoms with E-state index in [0.29, 0.717) is 6.42 Å². The van der Waals surface area contributed by atoms with Gasteiger partial charge in [0.15, 0.2) is 0 Å². The third-order valence-electron chi connectivity index (χ3n) is 3.17. The molecule has 0 saturated carbocycles. The van der Waals surface area contributed by atoms with Gasteiger partial charge in [0, 0.05) is 0 Å². The van der Waals surface area contributed by atoms with Gasteiger partial charge in [-0.1, -0.05) is 20.3 Å². The third-order valence-corrected chi connectivity index (χ3v) is 3.17. The average Bonchev–Trinajstić information content (AvgIpc) is 2.48. The number of hydrogen-bond acceptors (Lipinski definition) is 5. The van der Waals surface area contributed by atoms with Gasteiger partial charge < -0.3 is 26.8 Å². The van der Waals surface area contributed by atoms with Crippen molar-refractivity contribution in [2.75, 3.05) is 13.1 Å². The van der Waals surface area contributed by atoms with Gasteiger partial charge in [0.2, 0.25) is 17.7 Å². The van der Waals surface area contributed by atoms with E-state index in [2.05, 4.69) is 16.0 Å². The molecule has 22 heavy (non-hydrogen) atoms. The highest BCUT2D eigenvalue weighted by atomic mass is 16.4. The second kappa shape index (κ2) is 9.72. The fourth-order valence-corrected chi connectivity index (χ4v) is 1.54. The van der Waals surface area contributed by atoms with Crippen LogP contribution in [0.3, 0.4) is 0 Å². The van der Waals surface area contributed by atoms with E-state index >= 15 is 0 Å². The maximum Gasteiger partial charge on any atom is 0.325 e. The standard InChI is InChI=1S/C13H24N4O5/c1-4-7(2)11(12(20)16-8(3)13(21)22)17-10(19)6-15-9(18)5-14/h7-8,11H,4-6,14H2,1-3H3,(H,15,18)(H,16,20)(H,17,19)(H,21,22)/t7-,8-,11-/m0/s1. The van der Waals surface area contributed by atoms with Gasteiger partial charge in [0.25, 0.3) is 0 Å². The molecule has 3 amide bonds. The lowest BCUT2D eigenvalue weighted by atomic mass is 9.98. The Balaban J connectivity index is 4.70. The first-order valence-corrected chi connectivity index (χ1v) is 7.02. The van der Waals surface area contributed by atoms with E-state index in [1.165, 1.54) is 6.92 Å². The number of rotatable bonds is 9. The Labute approximate surface area is 129 Å². The zero-order valence-corrected chi connectivity index (χ0v) is 13.0. The molecule has 0 aromatic carbocycles. The number of carboxylic acids is 1. The summed E-state index contributed by atoms with van der Waals surface area (Å²) in [4.78, 5) is 45.6. The molecule has 9 nitrogen and oxygen atoms in total. The average molecular weight is 316 g/mol. The van der Waals surface area contributed by atoms with Crippen molar-refractivity contribution in [3.05, 3.63) is 0 Å². The van der Waals surface area contributed by atoms with Crippen molar-refractivity contribution in [1.29, 1.82) is 0 Å². The maximum atomic E-state index is 12.1. The summed E-state index contributed by atoms with van der Waals surface area (Å²) >= 11 is 0. The number of nitrogens with two attached hydrogens (primary N) is 1. The molecule has 126 valence electrons. The van der Waals surface area contributed by atoms with Gasteiger partial charge in [-0.05, 0) is 12.8 Å². The third kappa shape index (κ3) is 7.02. The Morgan fingerprint density at radius 3 is 2.14 bits per heavy atom. The van der Waals surface area contributed by atoms with Crippen molar-refractivity contribution < 1.29 is 24.3 Å². The molecule has 0 saturated heterocycles. The lowest BCUT2D eigenvalue weighted by molar-refractivity contribution is -0.142. The lowest BCUT2D eigenvalue weighted by Crippen LogP contribution is -2.55. The Kier molecular flexibility index (Phi) is 8.76. The Morgan fingerprint density at radius 2 is 1.68 bits per heavy atom. The van der Waals surface area contributed by atoms with Gasteiger partial charge in [0.1, 0.15) is 12.1 Å². The number of hydrogen-bond donors (Lipinski definition) is 5. The molecule has 0 fully saturated rings. The second-order valence-electron chi connectivity index (χ2n) is 4.98. The van der Waals surface area contributed by atoms with E-state index in [0.717, 1.165) is 0 Å². The van der Waals surface area contributed by atoms with E-state index in [1.807, 2.05) is 6.92 Å². The summed E-state index contributed by atoms with van der Waals surface area (Å²) in [6.45, 7) is 4.39. The van der Waals surface area contributed by atoms with Gasteiger partial charge in [-0.25, -0.2) is 0 Å². The molecule has 0 rings (SSSR count). The molecule has 9 heteroatoms. The molecule has 3 atom stereocenters. The van der Waals surface area contributed by atoms with Gasteiger partial charge >= 0.3 is 5.97 Å². The van der Waals surface area contributed by atoms with Crippen LogP contribution in [0.2, 0.25) is 0 Å². The molecule has 0 bridgehead atoms. The van der Waals surface area contributed by atoms with Crippen LogP contribution in [0, 0.1) is 5.92 Å². The van der Waals surface area contributed by atoms with Crippen LogP contribution in [0.5, 0.6) is 0 Å². The molecular formula is C13H24N4O5. The Hall–Kier alpha value is -2.16. The normalized spacial score (nSPS) is 14.4. The Morgan fingerprint density at radius 1 is 1.09 bits per heavy atom. The maximum absolute atomic E-state index is 12.1. The monoisotopic (exact) mass is 316 g/mol. The van der Waals surface area contributed by atoms with E-state index in [4.69, 9.17) is 10.8 Å². The van der Waals surface area contributed by atoms with Gasteiger partial charge in [-0.15, -0.1) is 0 Å². The van der Waals surface area contributed by atoms with Crippen LogP contribution >= 0.6 is 0 Å². The van der Waals surface area contributed by atoms with E-state index in [9.17, 15) is 19.2 Å². The topological polar surface area (TPSA) is 151 Å². The summed E-state index contributed by atoms with van der Waals surface area (Å²) in [5.74, 6) is -2.99. The smallest absolute Gasteiger partial charge is 0.325 e. The van der Waals surface area contributed by atoms with Crippen molar-refractivity contribution in [3.8, 4) is 0 Å². The molecule has 0 aliphatic carbocycles. The summed E-state index contributed by atoms with van der Waals surface area (Å²) in [7, 11) is 0. The fraction of sp³-hybridized carbons (Fsp3) is 0.692. The van der Waals surface area contributed by atoms with Crippen LogP contribution in [-0.2, 0) is 19.2 Å². The van der Waals surface area contributed by atoms with Gasteiger partial charge in [-0.2, -0.15) is 0 Å². The van der Waals surface area contributed by atoms with Gasteiger partial charge in [-0.3, -0.25) is 19.2 Å². The minimum atomic E-state index is -1.17. The van der Waals surface area contributed by atoms with E-state index < -0.39 is 35.8 Å². The molecular weight excluding hydrogens is 292 g/mol. The molecule has 0 radical (unpaired) electrons. The number of amides is 3. The minimum Gasteiger partial charge on any atom is -0.480 e. The van der Waals surface area contributed by atoms with Crippen molar-refractivity contribution in [2.45, 2.75) is 39.3 Å². The van der Waals surface area contributed by atoms with Crippen LogP contribution in [0.15, 0.2) is 0 Å². The number of aliphatic carboxylic acids is 1. The summed E-state index contributed by atoms with van der Waals surface area (Å²) in [6, 6.07) is -1.94. The molecule has 0 aliphatic rings. The Bertz CT molecular complexity index is 427. The second-order valence-corrected chi connectivity index (χ2v) is 4.98. The summed E-state index contributed by atoms with van der Waals surface area (Å²) in [5, 5.41) is 15.9. The molecule has 0 aromatic rings. The first-order valence-electron chi connectivity index (χ1n) is 7.02. The summed E-state index contributed by atoms with van der Waals surface area (Å²) < 4.78 is 0. The molecule has 0 aromatic heterocycles.